The van der Waals surface area contributed by atoms with Crippen LogP contribution in [0.3, 0.4) is 0 Å². The highest BCUT2D eigenvalue weighted by molar-refractivity contribution is 7.90. The number of rotatable bonds is 3. The molecule has 0 unspecified atom stereocenters. The molecule has 126 valence electrons. The van der Waals surface area contributed by atoms with Gasteiger partial charge in [-0.25, -0.2) is 12.7 Å². The highest BCUT2D eigenvalue weighted by Crippen LogP contribution is 2.44. The predicted octanol–water partition coefficient (Wildman–Crippen LogP) is 1.48. The van der Waals surface area contributed by atoms with E-state index in [2.05, 4.69) is 6.07 Å². The smallest absolute Gasteiger partial charge is 0.227 e. The van der Waals surface area contributed by atoms with Crippen LogP contribution in [0, 0.1) is 16.7 Å². The summed E-state index contributed by atoms with van der Waals surface area (Å²) in [6, 6.07) is 9.10. The maximum atomic E-state index is 12.5. The lowest BCUT2D eigenvalue weighted by atomic mass is 9.86. The first-order valence-electron chi connectivity index (χ1n) is 8.23. The average Bonchev–Trinajstić information content (AvgIpc) is 3.28. The minimum atomic E-state index is -3.18. The molecule has 3 aliphatic rings. The van der Waals surface area contributed by atoms with Crippen LogP contribution in [0.4, 0.5) is 5.69 Å². The zero-order valence-electron chi connectivity index (χ0n) is 13.3. The van der Waals surface area contributed by atoms with Gasteiger partial charge in [0.2, 0.25) is 15.9 Å². The van der Waals surface area contributed by atoms with Crippen molar-refractivity contribution >= 4 is 21.6 Å². The van der Waals surface area contributed by atoms with Crippen LogP contribution in [0.2, 0.25) is 0 Å². The van der Waals surface area contributed by atoms with E-state index in [0.717, 1.165) is 24.9 Å². The Labute approximate surface area is 141 Å². The van der Waals surface area contributed by atoms with Crippen LogP contribution >= 0.6 is 0 Å². The van der Waals surface area contributed by atoms with E-state index in [0.29, 0.717) is 31.6 Å². The second kappa shape index (κ2) is 5.30. The van der Waals surface area contributed by atoms with E-state index in [4.69, 9.17) is 5.26 Å². The molecule has 0 radical (unpaired) electrons. The molecule has 1 atom stereocenters. The molecule has 1 aromatic rings. The lowest BCUT2D eigenvalue weighted by Crippen LogP contribution is -2.35. The fourth-order valence-corrected chi connectivity index (χ4v) is 5.79. The van der Waals surface area contributed by atoms with Gasteiger partial charge in [-0.3, -0.25) is 4.79 Å². The average molecular weight is 345 g/mol. The molecule has 2 heterocycles. The maximum absolute atomic E-state index is 12.5. The minimum Gasteiger partial charge on any atom is -0.312 e. The summed E-state index contributed by atoms with van der Waals surface area (Å²) in [4.78, 5) is 14.2. The van der Waals surface area contributed by atoms with Crippen LogP contribution in [0.1, 0.15) is 31.2 Å². The number of nitriles is 1. The SMILES string of the molecule is N#Cc1cccc(N2C[C@]3(CCN(S(=O)(=O)C4CC4)C3)CC2=O)c1. The first-order chi connectivity index (χ1) is 11.4. The monoisotopic (exact) mass is 345 g/mol. The molecule has 0 aromatic heterocycles. The van der Waals surface area contributed by atoms with E-state index >= 15 is 0 Å². The first-order valence-corrected chi connectivity index (χ1v) is 9.73. The fourth-order valence-electron chi connectivity index (χ4n) is 3.84. The zero-order valence-corrected chi connectivity index (χ0v) is 14.1. The largest absolute Gasteiger partial charge is 0.312 e. The minimum absolute atomic E-state index is 0.00996. The van der Waals surface area contributed by atoms with Gasteiger partial charge in [0.25, 0.3) is 0 Å². The Morgan fingerprint density at radius 1 is 1.25 bits per heavy atom. The van der Waals surface area contributed by atoms with Gasteiger partial charge in [-0.05, 0) is 37.5 Å². The van der Waals surface area contributed by atoms with Gasteiger partial charge in [-0.1, -0.05) is 6.07 Å². The molecule has 3 fully saturated rings. The Kier molecular flexibility index (Phi) is 3.44. The van der Waals surface area contributed by atoms with E-state index in [1.807, 2.05) is 6.07 Å². The van der Waals surface area contributed by atoms with Gasteiger partial charge < -0.3 is 4.90 Å². The number of amides is 1. The summed E-state index contributed by atoms with van der Waals surface area (Å²) in [6.45, 7) is 1.47. The van der Waals surface area contributed by atoms with Crippen molar-refractivity contribution in [1.82, 2.24) is 4.31 Å². The third-order valence-corrected chi connectivity index (χ3v) is 7.66. The van der Waals surface area contributed by atoms with Crippen molar-refractivity contribution < 1.29 is 13.2 Å². The molecule has 1 aromatic carbocycles. The number of anilines is 1. The van der Waals surface area contributed by atoms with Gasteiger partial charge in [0, 0.05) is 37.2 Å². The standard InChI is InChI=1S/C17H19N3O3S/c18-10-13-2-1-3-14(8-13)20-12-17(9-16(20)21)6-7-19(11-17)24(22,23)15-4-5-15/h1-3,8,15H,4-7,9,11-12H2/t17-/m1/s1. The van der Waals surface area contributed by atoms with Gasteiger partial charge >= 0.3 is 0 Å². The van der Waals surface area contributed by atoms with Crippen molar-refractivity contribution in [3.8, 4) is 6.07 Å². The molecule has 1 saturated carbocycles. The normalized spacial score (nSPS) is 27.8. The molecule has 4 rings (SSSR count). The van der Waals surface area contributed by atoms with Crippen molar-refractivity contribution in [2.75, 3.05) is 24.5 Å². The Bertz CT molecular complexity index is 841. The van der Waals surface area contributed by atoms with Crippen LogP contribution in [0.25, 0.3) is 0 Å². The summed E-state index contributed by atoms with van der Waals surface area (Å²) in [6.07, 6.45) is 2.62. The summed E-state index contributed by atoms with van der Waals surface area (Å²) in [5.74, 6) is 0.00996. The third kappa shape index (κ3) is 2.50. The molecule has 2 saturated heterocycles. The Hall–Kier alpha value is -1.91. The lowest BCUT2D eigenvalue weighted by Gasteiger charge is -2.24. The van der Waals surface area contributed by atoms with Crippen molar-refractivity contribution in [3.05, 3.63) is 29.8 Å². The van der Waals surface area contributed by atoms with Crippen molar-refractivity contribution in [2.45, 2.75) is 30.9 Å². The summed E-state index contributed by atoms with van der Waals surface area (Å²) in [7, 11) is -3.18. The van der Waals surface area contributed by atoms with E-state index in [9.17, 15) is 13.2 Å². The van der Waals surface area contributed by atoms with Crippen LogP contribution in [-0.4, -0.2) is 43.5 Å². The Morgan fingerprint density at radius 2 is 2.04 bits per heavy atom. The second-order valence-electron chi connectivity index (χ2n) is 7.15. The fraction of sp³-hybridized carbons (Fsp3) is 0.529. The number of hydrogen-bond donors (Lipinski definition) is 0. The second-order valence-corrected chi connectivity index (χ2v) is 9.36. The van der Waals surface area contributed by atoms with Crippen LogP contribution in [0.5, 0.6) is 0 Å². The molecule has 0 bridgehead atoms. The van der Waals surface area contributed by atoms with E-state index < -0.39 is 10.0 Å². The first kappa shape index (κ1) is 15.6. The number of benzene rings is 1. The van der Waals surface area contributed by atoms with Gasteiger partial charge in [-0.15, -0.1) is 0 Å². The molecule has 2 aliphatic heterocycles. The molecule has 24 heavy (non-hydrogen) atoms. The molecule has 6 nitrogen and oxygen atoms in total. The summed E-state index contributed by atoms with van der Waals surface area (Å²) < 4.78 is 26.5. The number of carbonyl (C=O) groups is 1. The zero-order chi connectivity index (χ0) is 16.9. The molecule has 1 amide bonds. The van der Waals surface area contributed by atoms with Crippen molar-refractivity contribution in [1.29, 1.82) is 5.26 Å². The van der Waals surface area contributed by atoms with Gasteiger partial charge in [0.15, 0.2) is 0 Å². The summed E-state index contributed by atoms with van der Waals surface area (Å²) >= 11 is 0. The summed E-state index contributed by atoms with van der Waals surface area (Å²) in [5, 5.41) is 8.83. The summed E-state index contributed by atoms with van der Waals surface area (Å²) in [5.41, 5.74) is 0.951. The Balaban J connectivity index is 1.55. The predicted molar refractivity (Wildman–Crippen MR) is 88.7 cm³/mol. The van der Waals surface area contributed by atoms with Crippen LogP contribution in [-0.2, 0) is 14.8 Å². The third-order valence-electron chi connectivity index (χ3n) is 5.32. The molecule has 1 spiro atoms. The lowest BCUT2D eigenvalue weighted by molar-refractivity contribution is -0.117. The highest BCUT2D eigenvalue weighted by Gasteiger charge is 2.52. The molecule has 0 N–H and O–H groups in total. The van der Waals surface area contributed by atoms with Crippen LogP contribution in [0.15, 0.2) is 24.3 Å². The maximum Gasteiger partial charge on any atom is 0.227 e. The van der Waals surface area contributed by atoms with Crippen molar-refractivity contribution in [2.24, 2.45) is 5.41 Å². The number of sulfonamides is 1. The molecule has 7 heteroatoms. The van der Waals surface area contributed by atoms with E-state index in [1.165, 1.54) is 0 Å². The number of hydrogen-bond acceptors (Lipinski definition) is 4. The Morgan fingerprint density at radius 3 is 2.75 bits per heavy atom. The van der Waals surface area contributed by atoms with Crippen LogP contribution < -0.4 is 4.90 Å². The van der Waals surface area contributed by atoms with E-state index in [-0.39, 0.29) is 16.6 Å². The molecular formula is C17H19N3O3S. The quantitative estimate of drug-likeness (QED) is 0.831. The molecular weight excluding hydrogens is 326 g/mol. The topological polar surface area (TPSA) is 81.5 Å². The van der Waals surface area contributed by atoms with Gasteiger partial charge in [0.05, 0.1) is 16.9 Å². The van der Waals surface area contributed by atoms with Crippen molar-refractivity contribution in [3.63, 3.8) is 0 Å². The highest BCUT2D eigenvalue weighted by atomic mass is 32.2. The number of carbonyl (C=O) groups excluding carboxylic acids is 1. The van der Waals surface area contributed by atoms with Gasteiger partial charge in [-0.2, -0.15) is 5.26 Å². The molecule has 1 aliphatic carbocycles. The van der Waals surface area contributed by atoms with Gasteiger partial charge in [0.1, 0.15) is 0 Å². The van der Waals surface area contributed by atoms with E-state index in [1.54, 1.807) is 27.4 Å². The number of nitrogens with zero attached hydrogens (tertiary/aromatic N) is 3.